The monoisotopic (exact) mass is 234 g/mol. The second-order valence-electron chi connectivity index (χ2n) is 8.01. The van der Waals surface area contributed by atoms with Crippen molar-refractivity contribution >= 4 is 0 Å². The smallest absolute Gasteiger partial charge is 0.0685 e. The first-order valence-corrected chi connectivity index (χ1v) is 7.83. The number of hydrogen-bond donors (Lipinski definition) is 1. The van der Waals surface area contributed by atoms with Gasteiger partial charge in [-0.2, -0.15) is 0 Å². The molecule has 0 radical (unpaired) electrons. The predicted molar refractivity (Wildman–Crippen MR) is 68.6 cm³/mol. The van der Waals surface area contributed by atoms with Crippen molar-refractivity contribution in [2.75, 3.05) is 0 Å². The van der Waals surface area contributed by atoms with Crippen LogP contribution in [0.1, 0.15) is 64.7 Å². The summed E-state index contributed by atoms with van der Waals surface area (Å²) < 4.78 is 0. The zero-order valence-electron chi connectivity index (χ0n) is 11.1. The molecule has 5 saturated carbocycles. The Morgan fingerprint density at radius 3 is 1.88 bits per heavy atom. The summed E-state index contributed by atoms with van der Waals surface area (Å²) in [6, 6.07) is 0. The molecule has 4 bridgehead atoms. The fraction of sp³-hybridized carbons (Fsp3) is 1.00. The quantitative estimate of drug-likeness (QED) is 0.788. The van der Waals surface area contributed by atoms with Crippen LogP contribution < -0.4 is 0 Å². The van der Waals surface area contributed by atoms with Crippen LogP contribution in [0.4, 0.5) is 0 Å². The van der Waals surface area contributed by atoms with E-state index in [9.17, 15) is 5.11 Å². The van der Waals surface area contributed by atoms with Crippen LogP contribution in [0.2, 0.25) is 0 Å². The van der Waals surface area contributed by atoms with Gasteiger partial charge in [0.25, 0.3) is 0 Å². The Morgan fingerprint density at radius 1 is 0.941 bits per heavy atom. The van der Waals surface area contributed by atoms with Crippen LogP contribution in [-0.2, 0) is 0 Å². The Balaban J connectivity index is 1.53. The average Bonchev–Trinajstić information content (AvgIpc) is 2.85. The molecule has 1 nitrogen and oxygen atoms in total. The molecule has 0 amide bonds. The summed E-state index contributed by atoms with van der Waals surface area (Å²) in [5.41, 5.74) is 0.341. The van der Waals surface area contributed by atoms with E-state index in [0.717, 1.165) is 30.6 Å². The number of rotatable bonds is 3. The van der Waals surface area contributed by atoms with Crippen molar-refractivity contribution in [3.8, 4) is 0 Å². The van der Waals surface area contributed by atoms with Crippen LogP contribution in [0.5, 0.6) is 0 Å². The highest BCUT2D eigenvalue weighted by molar-refractivity contribution is 5.10. The maximum Gasteiger partial charge on any atom is 0.0685 e. The normalized spacial score (nSPS) is 59.6. The van der Waals surface area contributed by atoms with Crippen molar-refractivity contribution in [2.24, 2.45) is 29.1 Å². The van der Waals surface area contributed by atoms with E-state index in [1.165, 1.54) is 44.9 Å². The zero-order chi connectivity index (χ0) is 11.7. The molecule has 5 rings (SSSR count). The fourth-order valence-electron chi connectivity index (χ4n) is 6.26. The minimum Gasteiger partial charge on any atom is -0.390 e. The van der Waals surface area contributed by atoms with Gasteiger partial charge < -0.3 is 5.11 Å². The van der Waals surface area contributed by atoms with Crippen LogP contribution in [-0.4, -0.2) is 10.7 Å². The van der Waals surface area contributed by atoms with E-state index in [1.54, 1.807) is 0 Å². The molecule has 0 spiro atoms. The van der Waals surface area contributed by atoms with Crippen molar-refractivity contribution in [1.29, 1.82) is 0 Å². The van der Waals surface area contributed by atoms with Gasteiger partial charge in [-0.1, -0.05) is 13.3 Å². The highest BCUT2D eigenvalue weighted by atomic mass is 16.3. The first-order chi connectivity index (χ1) is 8.11. The minimum absolute atomic E-state index is 0.236. The van der Waals surface area contributed by atoms with Crippen molar-refractivity contribution in [3.63, 3.8) is 0 Å². The largest absolute Gasteiger partial charge is 0.390 e. The lowest BCUT2D eigenvalue weighted by molar-refractivity contribution is -0.0831. The van der Waals surface area contributed by atoms with Crippen molar-refractivity contribution in [1.82, 2.24) is 0 Å². The molecule has 0 saturated heterocycles. The second kappa shape index (κ2) is 3.29. The van der Waals surface area contributed by atoms with Gasteiger partial charge >= 0.3 is 0 Å². The summed E-state index contributed by atoms with van der Waals surface area (Å²) in [6.45, 7) is 2.24. The Morgan fingerprint density at radius 2 is 1.47 bits per heavy atom. The fourth-order valence-corrected chi connectivity index (χ4v) is 6.26. The molecule has 0 aliphatic heterocycles. The lowest BCUT2D eigenvalue weighted by Gasteiger charge is -2.57. The van der Waals surface area contributed by atoms with E-state index in [-0.39, 0.29) is 5.60 Å². The SMILES string of the molecule is CCC1CC1(O)CC12CC3CC(CC(C3)C1)C2. The zero-order valence-corrected chi connectivity index (χ0v) is 11.1. The van der Waals surface area contributed by atoms with E-state index >= 15 is 0 Å². The Kier molecular flexibility index (Phi) is 2.10. The summed E-state index contributed by atoms with van der Waals surface area (Å²) in [7, 11) is 0. The number of hydrogen-bond acceptors (Lipinski definition) is 1. The van der Waals surface area contributed by atoms with Crippen LogP contribution in [0.3, 0.4) is 0 Å². The highest BCUT2D eigenvalue weighted by Crippen LogP contribution is 2.65. The van der Waals surface area contributed by atoms with Gasteiger partial charge in [-0.05, 0) is 80.5 Å². The summed E-state index contributed by atoms with van der Waals surface area (Å²) in [5.74, 6) is 3.73. The Labute approximate surface area is 105 Å². The van der Waals surface area contributed by atoms with Crippen molar-refractivity contribution in [2.45, 2.75) is 70.3 Å². The van der Waals surface area contributed by atoms with E-state index in [2.05, 4.69) is 6.92 Å². The lowest BCUT2D eigenvalue weighted by Crippen LogP contribution is -2.47. The Bertz CT molecular complexity index is 299. The summed E-state index contributed by atoms with van der Waals surface area (Å²) >= 11 is 0. The molecule has 2 atom stereocenters. The summed E-state index contributed by atoms with van der Waals surface area (Å²) in [6.07, 6.45) is 12.4. The highest BCUT2D eigenvalue weighted by Gasteiger charge is 2.59. The third kappa shape index (κ3) is 1.61. The molecule has 0 aromatic rings. The maximum absolute atomic E-state index is 10.6. The predicted octanol–water partition coefficient (Wildman–Crippen LogP) is 3.75. The van der Waals surface area contributed by atoms with Crippen LogP contribution in [0, 0.1) is 29.1 Å². The van der Waals surface area contributed by atoms with Crippen LogP contribution in [0.25, 0.3) is 0 Å². The summed E-state index contributed by atoms with van der Waals surface area (Å²) in [5, 5.41) is 10.6. The van der Waals surface area contributed by atoms with Gasteiger partial charge in [0.15, 0.2) is 0 Å². The van der Waals surface area contributed by atoms with Gasteiger partial charge in [0, 0.05) is 0 Å². The molecule has 0 heterocycles. The van der Waals surface area contributed by atoms with Crippen LogP contribution in [0.15, 0.2) is 0 Å². The maximum atomic E-state index is 10.6. The standard InChI is InChI=1S/C16H26O/c1-2-14-9-16(14,17)10-15-6-11-3-12(7-15)5-13(4-11)8-15/h11-14,17H,2-10H2,1H3. The molecular weight excluding hydrogens is 208 g/mol. The van der Waals surface area contributed by atoms with Gasteiger partial charge in [-0.25, -0.2) is 0 Å². The first kappa shape index (κ1) is 10.8. The third-order valence-electron chi connectivity index (χ3n) is 6.54. The van der Waals surface area contributed by atoms with Gasteiger partial charge in [0.2, 0.25) is 0 Å². The van der Waals surface area contributed by atoms with Crippen molar-refractivity contribution < 1.29 is 5.11 Å². The van der Waals surface area contributed by atoms with Gasteiger partial charge in [-0.3, -0.25) is 0 Å². The average molecular weight is 234 g/mol. The molecule has 1 N–H and O–H groups in total. The third-order valence-corrected chi connectivity index (χ3v) is 6.54. The Hall–Kier alpha value is -0.0400. The first-order valence-electron chi connectivity index (χ1n) is 7.83. The molecule has 5 aliphatic rings. The van der Waals surface area contributed by atoms with E-state index in [4.69, 9.17) is 0 Å². The van der Waals surface area contributed by atoms with Crippen molar-refractivity contribution in [3.05, 3.63) is 0 Å². The molecular formula is C16H26O. The van der Waals surface area contributed by atoms with E-state index in [0.29, 0.717) is 11.3 Å². The molecule has 5 aliphatic carbocycles. The molecule has 0 aromatic carbocycles. The summed E-state index contributed by atoms with van der Waals surface area (Å²) in [4.78, 5) is 0. The van der Waals surface area contributed by atoms with E-state index in [1.807, 2.05) is 0 Å². The molecule has 17 heavy (non-hydrogen) atoms. The van der Waals surface area contributed by atoms with Crippen LogP contribution >= 0.6 is 0 Å². The van der Waals surface area contributed by atoms with E-state index < -0.39 is 0 Å². The lowest BCUT2D eigenvalue weighted by atomic mass is 9.48. The number of aliphatic hydroxyl groups is 1. The van der Waals surface area contributed by atoms with Gasteiger partial charge in [0.05, 0.1) is 5.60 Å². The molecule has 5 fully saturated rings. The molecule has 1 heteroatoms. The second-order valence-corrected chi connectivity index (χ2v) is 8.01. The molecule has 96 valence electrons. The minimum atomic E-state index is -0.236. The molecule has 0 aromatic heterocycles. The molecule has 2 unspecified atom stereocenters. The topological polar surface area (TPSA) is 20.2 Å². The van der Waals surface area contributed by atoms with Gasteiger partial charge in [0.1, 0.15) is 0 Å². The van der Waals surface area contributed by atoms with Gasteiger partial charge in [-0.15, -0.1) is 0 Å².